The van der Waals surface area contributed by atoms with Crippen LogP contribution >= 0.6 is 0 Å². The van der Waals surface area contributed by atoms with Crippen molar-refractivity contribution in [3.63, 3.8) is 0 Å². The summed E-state index contributed by atoms with van der Waals surface area (Å²) in [5.41, 5.74) is 9.51. The predicted octanol–water partition coefficient (Wildman–Crippen LogP) is 12.3. The van der Waals surface area contributed by atoms with E-state index in [1.54, 1.807) is 0 Å². The zero-order chi connectivity index (χ0) is 34.7. The normalized spacial score (nSPS) is 11.4. The summed E-state index contributed by atoms with van der Waals surface area (Å²) in [6.45, 7) is 4.49. The molecule has 0 aliphatic heterocycles. The van der Waals surface area contributed by atoms with E-state index >= 15 is 0 Å². The van der Waals surface area contributed by atoms with Gasteiger partial charge in [0.2, 0.25) is 0 Å². The van der Waals surface area contributed by atoms with Crippen molar-refractivity contribution >= 4 is 50.4 Å². The Morgan fingerprint density at radius 2 is 1.47 bits per heavy atom. The molecule has 3 aromatic heterocycles. The molecule has 0 bridgehead atoms. The SMILES string of the molecule is CCC(CC)c1ccnc(-c2[c-]cc3c(c2)oc2ccc(-c4cccc5ccccc45)cc23)c1.[CH3][Ge]([CH3])([CH3])[c]1ccc(-c2[c-]cccc2)nc1.[Ir]. The molecule has 0 saturated heterocycles. The quantitative estimate of drug-likeness (QED) is 0.118. The summed E-state index contributed by atoms with van der Waals surface area (Å²) in [7, 11) is 0. The van der Waals surface area contributed by atoms with Gasteiger partial charge in [-0.2, -0.15) is 0 Å². The Morgan fingerprint density at radius 3 is 2.22 bits per heavy atom. The second-order valence-electron chi connectivity index (χ2n) is 13.9. The van der Waals surface area contributed by atoms with E-state index in [1.165, 1.54) is 31.9 Å². The predicted molar refractivity (Wildman–Crippen MR) is 214 cm³/mol. The van der Waals surface area contributed by atoms with Gasteiger partial charge in [0, 0.05) is 26.3 Å². The monoisotopic (exact) mass is 905 g/mol. The van der Waals surface area contributed by atoms with Crippen LogP contribution in [0.15, 0.2) is 138 Å². The molecule has 0 atom stereocenters. The molecule has 3 heterocycles. The fourth-order valence-corrected chi connectivity index (χ4v) is 8.84. The molecule has 0 fully saturated rings. The number of aromatic nitrogens is 2. The van der Waals surface area contributed by atoms with E-state index in [-0.39, 0.29) is 20.1 Å². The molecule has 3 nitrogen and oxygen atoms in total. The minimum absolute atomic E-state index is 0. The van der Waals surface area contributed by atoms with Gasteiger partial charge < -0.3 is 9.40 Å². The van der Waals surface area contributed by atoms with Gasteiger partial charge in [-0.05, 0) is 63.9 Å². The second kappa shape index (κ2) is 15.9. The molecule has 0 aliphatic carbocycles. The van der Waals surface area contributed by atoms with Crippen LogP contribution in [0.1, 0.15) is 38.2 Å². The Morgan fingerprint density at radius 1 is 0.667 bits per heavy atom. The van der Waals surface area contributed by atoms with Gasteiger partial charge in [-0.1, -0.05) is 91.5 Å². The Bertz CT molecular complexity index is 2390. The smallest absolute Gasteiger partial charge is 0 e. The maximum Gasteiger partial charge on any atom is 0 e. The van der Waals surface area contributed by atoms with Crippen molar-refractivity contribution in [3.05, 3.63) is 151 Å². The van der Waals surface area contributed by atoms with E-state index in [2.05, 4.69) is 150 Å². The number of hydrogen-bond donors (Lipinski definition) is 0. The van der Waals surface area contributed by atoms with Crippen molar-refractivity contribution in [3.8, 4) is 33.6 Å². The Kier molecular flexibility index (Phi) is 11.4. The van der Waals surface area contributed by atoms with E-state index < -0.39 is 13.3 Å². The van der Waals surface area contributed by atoms with Crippen molar-refractivity contribution in [2.75, 3.05) is 0 Å². The molecule has 0 unspecified atom stereocenters. The van der Waals surface area contributed by atoms with Crippen LogP contribution in [0.5, 0.6) is 0 Å². The minimum Gasteiger partial charge on any atom is 0 e. The Labute approximate surface area is 317 Å². The number of nitrogens with zero attached hydrogens (tertiary/aromatic N) is 2. The van der Waals surface area contributed by atoms with Crippen molar-refractivity contribution in [2.45, 2.75) is 49.9 Å². The summed E-state index contributed by atoms with van der Waals surface area (Å²) in [6, 6.07) is 48.9. The largest absolute Gasteiger partial charge is 0 e. The Hall–Kier alpha value is -4.35. The zero-order valence-electron chi connectivity index (χ0n) is 29.8. The van der Waals surface area contributed by atoms with E-state index in [1.807, 2.05) is 36.7 Å². The average molecular weight is 904 g/mol. The molecule has 5 heteroatoms. The van der Waals surface area contributed by atoms with Gasteiger partial charge in [-0.15, -0.1) is 17.7 Å². The van der Waals surface area contributed by atoms with Crippen molar-refractivity contribution < 1.29 is 24.5 Å². The molecular formula is C46H42GeIrN2O-2. The third-order valence-corrected chi connectivity index (χ3v) is 13.9. The van der Waals surface area contributed by atoms with Crippen LogP contribution in [0, 0.1) is 12.1 Å². The first-order valence-corrected chi connectivity index (χ1v) is 24.9. The average Bonchev–Trinajstić information content (AvgIpc) is 3.53. The number of rotatable bonds is 7. The van der Waals surface area contributed by atoms with E-state index in [4.69, 9.17) is 4.42 Å². The van der Waals surface area contributed by atoms with E-state index in [0.29, 0.717) is 5.92 Å². The van der Waals surface area contributed by atoms with Crippen molar-refractivity contribution in [1.29, 1.82) is 0 Å². The third-order valence-electron chi connectivity index (χ3n) is 9.63. The van der Waals surface area contributed by atoms with Crippen LogP contribution in [-0.2, 0) is 20.1 Å². The molecule has 257 valence electrons. The van der Waals surface area contributed by atoms with Crippen LogP contribution in [0.25, 0.3) is 66.4 Å². The number of pyridine rings is 2. The molecule has 0 amide bonds. The van der Waals surface area contributed by atoms with Gasteiger partial charge in [0.1, 0.15) is 5.58 Å². The van der Waals surface area contributed by atoms with E-state index in [0.717, 1.165) is 57.3 Å². The minimum atomic E-state index is -1.72. The summed E-state index contributed by atoms with van der Waals surface area (Å²) in [5, 5.41) is 4.70. The first-order valence-electron chi connectivity index (χ1n) is 17.6. The van der Waals surface area contributed by atoms with Gasteiger partial charge in [0.15, 0.2) is 0 Å². The second-order valence-corrected chi connectivity index (χ2v) is 24.6. The fraction of sp³-hybridized carbons (Fsp3) is 0.174. The molecule has 0 N–H and O–H groups in total. The number of hydrogen-bond acceptors (Lipinski definition) is 3. The van der Waals surface area contributed by atoms with Gasteiger partial charge in [0.05, 0.1) is 5.58 Å². The summed E-state index contributed by atoms with van der Waals surface area (Å²) in [6.07, 6.45) is 6.21. The van der Waals surface area contributed by atoms with Crippen molar-refractivity contribution in [1.82, 2.24) is 9.97 Å². The fourth-order valence-electron chi connectivity index (χ4n) is 6.66. The maximum absolute atomic E-state index is 6.27. The van der Waals surface area contributed by atoms with Crippen LogP contribution in [0.3, 0.4) is 0 Å². The van der Waals surface area contributed by atoms with Gasteiger partial charge in [0.25, 0.3) is 0 Å². The van der Waals surface area contributed by atoms with Gasteiger partial charge in [-0.25, -0.2) is 0 Å². The number of benzene rings is 5. The number of fused-ring (bicyclic) bond motifs is 4. The first-order chi connectivity index (χ1) is 24.3. The van der Waals surface area contributed by atoms with Crippen LogP contribution < -0.4 is 4.40 Å². The molecular weight excluding hydrogens is 861 g/mol. The molecule has 8 rings (SSSR count). The van der Waals surface area contributed by atoms with Crippen LogP contribution in [0.2, 0.25) is 17.3 Å². The molecule has 8 aromatic rings. The first kappa shape index (κ1) is 36.4. The Balaban J connectivity index is 0.000000222. The molecule has 51 heavy (non-hydrogen) atoms. The van der Waals surface area contributed by atoms with Crippen LogP contribution in [0.4, 0.5) is 0 Å². The van der Waals surface area contributed by atoms with Gasteiger partial charge >= 0.3 is 99.8 Å². The maximum atomic E-state index is 6.27. The summed E-state index contributed by atoms with van der Waals surface area (Å²) in [4.78, 5) is 9.16. The molecule has 1 radical (unpaired) electrons. The summed E-state index contributed by atoms with van der Waals surface area (Å²) < 4.78 is 7.71. The molecule has 5 aromatic carbocycles. The van der Waals surface area contributed by atoms with Crippen molar-refractivity contribution in [2.24, 2.45) is 0 Å². The molecule has 0 aliphatic rings. The van der Waals surface area contributed by atoms with Gasteiger partial charge in [-0.3, -0.25) is 0 Å². The van der Waals surface area contributed by atoms with E-state index in [9.17, 15) is 0 Å². The number of furan rings is 1. The van der Waals surface area contributed by atoms with Crippen LogP contribution in [-0.4, -0.2) is 23.2 Å². The standard InChI is InChI=1S/C32H26NO.C14H16GeN.Ir/c1-3-21(4-2)23-16-17-33-30(19-23)25-12-14-28-29-18-24(13-15-31(29)34-32(28)20-25)27-11-7-9-22-8-5-6-10-26(22)27;1-15(2,3)13-9-10-14(16-11-13)12-7-5-4-6-8-12;/h5-11,13-21H,3-4H2,1-2H3;4-7,9-11H,1-3H3;/q2*-1;. The summed E-state index contributed by atoms with van der Waals surface area (Å²) >= 11 is -1.72. The topological polar surface area (TPSA) is 38.9 Å². The summed E-state index contributed by atoms with van der Waals surface area (Å²) in [5.74, 6) is 7.70. The zero-order valence-corrected chi connectivity index (χ0v) is 34.3. The molecule has 0 saturated carbocycles. The third kappa shape index (κ3) is 7.94. The molecule has 0 spiro atoms.